The van der Waals surface area contributed by atoms with Gasteiger partial charge in [-0.05, 0) is 42.0 Å². The van der Waals surface area contributed by atoms with E-state index in [1.165, 1.54) is 28.4 Å². The van der Waals surface area contributed by atoms with Gasteiger partial charge in [0.15, 0.2) is 0 Å². The van der Waals surface area contributed by atoms with Crippen LogP contribution in [0.2, 0.25) is 0 Å². The highest BCUT2D eigenvalue weighted by atomic mass is 32.2. The lowest BCUT2D eigenvalue weighted by molar-refractivity contribution is 1.21. The van der Waals surface area contributed by atoms with Gasteiger partial charge in [0.1, 0.15) is 0 Å². The fourth-order valence-corrected chi connectivity index (χ4v) is 3.32. The molecule has 0 radical (unpaired) electrons. The Labute approximate surface area is 135 Å². The van der Waals surface area contributed by atoms with Gasteiger partial charge in [-0.15, -0.1) is 0 Å². The van der Waals surface area contributed by atoms with Crippen LogP contribution in [0.5, 0.6) is 0 Å². The lowest BCUT2D eigenvalue weighted by Gasteiger charge is -2.25. The molecule has 2 heteroatoms. The minimum atomic E-state index is 0.718. The molecule has 0 bridgehead atoms. The highest BCUT2D eigenvalue weighted by molar-refractivity contribution is 8.06. The molecular formula is C20H17NS. The Morgan fingerprint density at radius 2 is 1.09 bits per heavy atom. The highest BCUT2D eigenvalue weighted by Crippen LogP contribution is 2.46. The van der Waals surface area contributed by atoms with Crippen LogP contribution in [0.3, 0.4) is 0 Å². The molecule has 0 saturated carbocycles. The van der Waals surface area contributed by atoms with Crippen molar-refractivity contribution >= 4 is 28.8 Å². The molecule has 3 aromatic rings. The Bertz CT molecular complexity index is 694. The molecule has 1 aliphatic heterocycles. The van der Waals surface area contributed by atoms with E-state index in [1.54, 1.807) is 0 Å². The van der Waals surface area contributed by atoms with E-state index in [0.29, 0.717) is 0 Å². The highest BCUT2D eigenvalue weighted by Gasteiger charge is 2.24. The first-order valence-electron chi connectivity index (χ1n) is 7.53. The van der Waals surface area contributed by atoms with Gasteiger partial charge in [-0.3, -0.25) is 0 Å². The molecule has 1 aliphatic rings. The van der Waals surface area contributed by atoms with Crippen LogP contribution in [0.4, 0.5) is 17.1 Å². The fraction of sp³-hybridized carbons (Fsp3) is 0.100. The largest absolute Gasteiger partial charge is 0.311 e. The molecule has 0 aromatic heterocycles. The van der Waals surface area contributed by atoms with Gasteiger partial charge in [-0.2, -0.15) is 11.8 Å². The van der Waals surface area contributed by atoms with Crippen molar-refractivity contribution in [2.24, 2.45) is 0 Å². The second-order valence-electron chi connectivity index (χ2n) is 5.42. The third kappa shape index (κ3) is 2.75. The number of hydrogen-bond acceptors (Lipinski definition) is 2. The first-order chi connectivity index (χ1) is 10.9. The van der Waals surface area contributed by atoms with Crippen LogP contribution in [0.15, 0.2) is 84.9 Å². The number of thioether (sulfide) groups is 1. The summed E-state index contributed by atoms with van der Waals surface area (Å²) in [6.07, 6.45) is 0. The monoisotopic (exact) mass is 303 g/mol. The van der Waals surface area contributed by atoms with Crippen molar-refractivity contribution in [3.63, 3.8) is 0 Å². The van der Waals surface area contributed by atoms with E-state index in [9.17, 15) is 0 Å². The zero-order valence-corrected chi connectivity index (χ0v) is 13.0. The maximum absolute atomic E-state index is 2.30. The van der Waals surface area contributed by atoms with E-state index in [1.807, 2.05) is 11.8 Å². The van der Waals surface area contributed by atoms with Gasteiger partial charge in [0.2, 0.25) is 0 Å². The molecule has 1 atom stereocenters. The Morgan fingerprint density at radius 1 is 0.636 bits per heavy atom. The smallest absolute Gasteiger partial charge is 0.0461 e. The molecule has 1 nitrogen and oxygen atoms in total. The number of benzene rings is 3. The zero-order valence-electron chi connectivity index (χ0n) is 12.2. The van der Waals surface area contributed by atoms with Crippen molar-refractivity contribution in [1.82, 2.24) is 0 Å². The van der Waals surface area contributed by atoms with Gasteiger partial charge in [0.25, 0.3) is 0 Å². The second kappa shape index (κ2) is 5.90. The van der Waals surface area contributed by atoms with Gasteiger partial charge >= 0.3 is 0 Å². The van der Waals surface area contributed by atoms with Crippen molar-refractivity contribution in [2.75, 3.05) is 10.7 Å². The number of para-hydroxylation sites is 2. The molecule has 1 unspecified atom stereocenters. The van der Waals surface area contributed by atoms with Gasteiger partial charge in [-0.25, -0.2) is 0 Å². The zero-order chi connectivity index (χ0) is 14.8. The first kappa shape index (κ1) is 13.5. The van der Waals surface area contributed by atoms with E-state index >= 15 is 0 Å². The van der Waals surface area contributed by atoms with Gasteiger partial charge in [0.05, 0.1) is 0 Å². The molecule has 1 fully saturated rings. The summed E-state index contributed by atoms with van der Waals surface area (Å²) in [7, 11) is 0. The van der Waals surface area contributed by atoms with Crippen LogP contribution < -0.4 is 4.90 Å². The van der Waals surface area contributed by atoms with E-state index in [-0.39, 0.29) is 0 Å². The maximum Gasteiger partial charge on any atom is 0.0461 e. The Morgan fingerprint density at radius 3 is 1.55 bits per heavy atom. The van der Waals surface area contributed by atoms with Crippen molar-refractivity contribution in [1.29, 1.82) is 0 Å². The van der Waals surface area contributed by atoms with Crippen molar-refractivity contribution in [2.45, 2.75) is 5.25 Å². The summed E-state index contributed by atoms with van der Waals surface area (Å²) in [6.45, 7) is 0. The summed E-state index contributed by atoms with van der Waals surface area (Å²) < 4.78 is 0. The Hall–Kier alpha value is -2.19. The molecule has 0 aliphatic carbocycles. The van der Waals surface area contributed by atoms with Crippen LogP contribution in [0.1, 0.15) is 10.8 Å². The van der Waals surface area contributed by atoms with Crippen LogP contribution in [-0.2, 0) is 0 Å². The predicted molar refractivity (Wildman–Crippen MR) is 96.3 cm³/mol. The van der Waals surface area contributed by atoms with Crippen LogP contribution in [0, 0.1) is 0 Å². The average molecular weight is 303 g/mol. The SMILES string of the molecule is c1ccc(N(c2ccccc2)c2ccc(C3CS3)cc2)cc1. The topological polar surface area (TPSA) is 3.24 Å². The first-order valence-corrected chi connectivity index (χ1v) is 8.58. The van der Waals surface area contributed by atoms with E-state index in [0.717, 1.165) is 5.25 Å². The molecule has 3 aromatic carbocycles. The molecule has 0 spiro atoms. The van der Waals surface area contributed by atoms with E-state index in [4.69, 9.17) is 0 Å². The van der Waals surface area contributed by atoms with Crippen LogP contribution >= 0.6 is 11.8 Å². The summed E-state index contributed by atoms with van der Waals surface area (Å²) in [5.74, 6) is 1.26. The van der Waals surface area contributed by atoms with Crippen molar-refractivity contribution in [3.05, 3.63) is 90.5 Å². The van der Waals surface area contributed by atoms with E-state index in [2.05, 4.69) is 89.8 Å². The van der Waals surface area contributed by atoms with Gasteiger partial charge in [0, 0.05) is 28.1 Å². The predicted octanol–water partition coefficient (Wildman–Crippen LogP) is 5.94. The van der Waals surface area contributed by atoms with Crippen LogP contribution in [0.25, 0.3) is 0 Å². The summed E-state index contributed by atoms with van der Waals surface area (Å²) in [6, 6.07) is 30.0. The van der Waals surface area contributed by atoms with E-state index < -0.39 is 0 Å². The fourth-order valence-electron chi connectivity index (χ4n) is 2.68. The van der Waals surface area contributed by atoms with Crippen molar-refractivity contribution in [3.8, 4) is 0 Å². The third-order valence-corrected chi connectivity index (χ3v) is 4.82. The van der Waals surface area contributed by atoms with Crippen LogP contribution in [-0.4, -0.2) is 5.75 Å². The Balaban J connectivity index is 1.76. The molecule has 0 N–H and O–H groups in total. The lowest BCUT2D eigenvalue weighted by Crippen LogP contribution is -2.09. The number of nitrogens with zero attached hydrogens (tertiary/aromatic N) is 1. The Kier molecular flexibility index (Phi) is 3.61. The summed E-state index contributed by atoms with van der Waals surface area (Å²) in [4.78, 5) is 2.30. The average Bonchev–Trinajstić information content (AvgIpc) is 3.43. The minimum Gasteiger partial charge on any atom is -0.311 e. The summed E-state index contributed by atoms with van der Waals surface area (Å²) in [5.41, 5.74) is 5.01. The molecule has 22 heavy (non-hydrogen) atoms. The standard InChI is InChI=1S/C20H17NS/c1-3-7-17(8-4-1)21(18-9-5-2-6-10-18)19-13-11-16(12-14-19)20-15-22-20/h1-14,20H,15H2. The third-order valence-electron chi connectivity index (χ3n) is 3.89. The summed E-state index contributed by atoms with van der Waals surface area (Å²) >= 11 is 2.01. The molecule has 1 saturated heterocycles. The normalized spacial score (nSPS) is 16.3. The van der Waals surface area contributed by atoms with Gasteiger partial charge in [-0.1, -0.05) is 48.5 Å². The molecule has 1 heterocycles. The van der Waals surface area contributed by atoms with Gasteiger partial charge < -0.3 is 4.90 Å². The number of rotatable bonds is 4. The molecule has 0 amide bonds. The maximum atomic E-state index is 2.30. The lowest BCUT2D eigenvalue weighted by atomic mass is 10.1. The summed E-state index contributed by atoms with van der Waals surface area (Å²) in [5, 5.41) is 0.718. The number of hydrogen-bond donors (Lipinski definition) is 0. The minimum absolute atomic E-state index is 0.718. The molecule has 108 valence electrons. The number of anilines is 3. The quantitative estimate of drug-likeness (QED) is 0.548. The second-order valence-corrected chi connectivity index (χ2v) is 6.66. The molecular weight excluding hydrogens is 286 g/mol. The van der Waals surface area contributed by atoms with Crippen molar-refractivity contribution < 1.29 is 0 Å². The molecule has 4 rings (SSSR count).